The Kier molecular flexibility index (Phi) is 5.77. The topological polar surface area (TPSA) is 127 Å². The van der Waals surface area contributed by atoms with E-state index in [2.05, 4.69) is 15.4 Å². The van der Waals surface area contributed by atoms with Crippen LogP contribution in [0.4, 0.5) is 14.5 Å². The van der Waals surface area contributed by atoms with Crippen molar-refractivity contribution in [1.29, 1.82) is 5.26 Å². The maximum Gasteiger partial charge on any atom is 0.274 e. The van der Waals surface area contributed by atoms with Crippen molar-refractivity contribution in [3.05, 3.63) is 87.9 Å². The summed E-state index contributed by atoms with van der Waals surface area (Å²) in [5, 5.41) is 16.8. The largest absolute Gasteiger partial charge is 0.366 e. The van der Waals surface area contributed by atoms with Crippen LogP contribution in [0.5, 0.6) is 0 Å². The molecule has 3 N–H and O–H groups in total. The first-order valence-electron chi connectivity index (χ1n) is 10.1. The lowest BCUT2D eigenvalue weighted by atomic mass is 10.1. The second-order valence-electron chi connectivity index (χ2n) is 7.65. The van der Waals surface area contributed by atoms with Gasteiger partial charge in [0.2, 0.25) is 5.91 Å². The number of benzene rings is 2. The minimum atomic E-state index is -0.777. The minimum Gasteiger partial charge on any atom is -0.366 e. The van der Waals surface area contributed by atoms with Gasteiger partial charge in [-0.05, 0) is 49.7 Å². The van der Waals surface area contributed by atoms with Crippen molar-refractivity contribution in [2.75, 3.05) is 5.32 Å². The number of nitrogens with one attached hydrogen (secondary N) is 1. The van der Waals surface area contributed by atoms with Gasteiger partial charge in [0.25, 0.3) is 5.91 Å². The number of hydrogen-bond acceptors (Lipinski definition) is 5. The number of nitrogens with zero attached hydrogens (tertiary/aromatic N) is 4. The fraction of sp³-hybridized carbons (Fsp3) is 0.125. The van der Waals surface area contributed by atoms with Gasteiger partial charge in [-0.25, -0.2) is 13.8 Å². The van der Waals surface area contributed by atoms with Crippen molar-refractivity contribution >= 4 is 28.4 Å². The minimum absolute atomic E-state index is 0.0413. The molecular formula is C24H18F2N6O2. The average molecular weight is 460 g/mol. The molecule has 8 nitrogen and oxygen atoms in total. The van der Waals surface area contributed by atoms with Crippen LogP contribution in [-0.2, 0) is 6.54 Å². The lowest BCUT2D eigenvalue weighted by Gasteiger charge is -2.10. The van der Waals surface area contributed by atoms with Gasteiger partial charge in [0, 0.05) is 11.5 Å². The molecule has 2 amide bonds. The number of carbonyl (C=O) groups is 2. The fourth-order valence-corrected chi connectivity index (χ4v) is 3.68. The smallest absolute Gasteiger partial charge is 0.274 e. The SMILES string of the molecule is Cc1nn(Cc2ccc(F)cc2C#N)c(C)c1NC(=O)c1cc(C(N)=O)c2ccc(F)cc2n1. The van der Waals surface area contributed by atoms with Crippen molar-refractivity contribution in [2.24, 2.45) is 5.73 Å². The number of nitriles is 1. The van der Waals surface area contributed by atoms with Crippen LogP contribution in [0.3, 0.4) is 0 Å². The highest BCUT2D eigenvalue weighted by atomic mass is 19.1. The molecule has 10 heteroatoms. The first-order chi connectivity index (χ1) is 16.2. The summed E-state index contributed by atoms with van der Waals surface area (Å²) < 4.78 is 28.7. The van der Waals surface area contributed by atoms with Crippen molar-refractivity contribution < 1.29 is 18.4 Å². The van der Waals surface area contributed by atoms with Crippen molar-refractivity contribution in [1.82, 2.24) is 14.8 Å². The van der Waals surface area contributed by atoms with Gasteiger partial charge in [-0.3, -0.25) is 14.3 Å². The van der Waals surface area contributed by atoms with Crippen LogP contribution in [0.25, 0.3) is 10.9 Å². The summed E-state index contributed by atoms with van der Waals surface area (Å²) in [5.74, 6) is -2.50. The van der Waals surface area contributed by atoms with Crippen LogP contribution in [0.2, 0.25) is 0 Å². The number of rotatable bonds is 5. The van der Waals surface area contributed by atoms with Gasteiger partial charge in [-0.1, -0.05) is 6.07 Å². The van der Waals surface area contributed by atoms with Crippen LogP contribution in [0.15, 0.2) is 42.5 Å². The molecule has 0 radical (unpaired) electrons. The van der Waals surface area contributed by atoms with Crippen molar-refractivity contribution in [3.8, 4) is 6.07 Å². The van der Waals surface area contributed by atoms with Crippen molar-refractivity contribution in [3.63, 3.8) is 0 Å². The lowest BCUT2D eigenvalue weighted by Crippen LogP contribution is -2.18. The molecule has 0 atom stereocenters. The van der Waals surface area contributed by atoms with Crippen LogP contribution < -0.4 is 11.1 Å². The molecule has 4 aromatic rings. The van der Waals surface area contributed by atoms with Gasteiger partial charge < -0.3 is 11.1 Å². The standard InChI is InChI=1S/C24H18F2N6O2/c1-12-22(13(2)32(31-12)11-14-3-4-16(25)7-15(14)10-27)30-24(34)21-9-19(23(28)33)18-6-5-17(26)8-20(18)29-21/h3-9H,11H2,1-2H3,(H2,28,33)(H,30,34). The highest BCUT2D eigenvalue weighted by Crippen LogP contribution is 2.24. The molecule has 4 rings (SSSR count). The molecule has 170 valence electrons. The molecule has 0 unspecified atom stereocenters. The zero-order valence-corrected chi connectivity index (χ0v) is 18.2. The zero-order chi connectivity index (χ0) is 24.6. The maximum absolute atomic E-state index is 13.7. The van der Waals surface area contributed by atoms with E-state index in [-0.39, 0.29) is 28.9 Å². The summed E-state index contributed by atoms with van der Waals surface area (Å²) >= 11 is 0. The molecule has 0 aliphatic carbocycles. The molecule has 0 bridgehead atoms. The summed E-state index contributed by atoms with van der Waals surface area (Å²) in [5.41, 5.74) is 7.72. The lowest BCUT2D eigenvalue weighted by molar-refractivity contribution is 0.100. The van der Waals surface area contributed by atoms with E-state index >= 15 is 0 Å². The molecule has 0 fully saturated rings. The Balaban J connectivity index is 1.67. The zero-order valence-electron chi connectivity index (χ0n) is 18.2. The fourth-order valence-electron chi connectivity index (χ4n) is 3.68. The second kappa shape index (κ2) is 8.71. The second-order valence-corrected chi connectivity index (χ2v) is 7.65. The Morgan fingerprint density at radius 3 is 2.53 bits per heavy atom. The Morgan fingerprint density at radius 2 is 1.82 bits per heavy atom. The maximum atomic E-state index is 13.7. The van der Waals surface area contributed by atoms with Crippen LogP contribution in [-0.4, -0.2) is 26.6 Å². The molecule has 0 spiro atoms. The molecule has 0 saturated carbocycles. The summed E-state index contributed by atoms with van der Waals surface area (Å²) in [7, 11) is 0. The number of fused-ring (bicyclic) bond motifs is 1. The predicted octanol–water partition coefficient (Wildman–Crippen LogP) is 3.60. The molecule has 0 aliphatic heterocycles. The molecule has 2 aromatic carbocycles. The molecule has 0 aliphatic rings. The third-order valence-corrected chi connectivity index (χ3v) is 5.40. The van der Waals surface area contributed by atoms with E-state index in [0.717, 1.165) is 12.1 Å². The summed E-state index contributed by atoms with van der Waals surface area (Å²) in [6.45, 7) is 3.60. The highest BCUT2D eigenvalue weighted by molar-refractivity contribution is 6.10. The summed E-state index contributed by atoms with van der Waals surface area (Å²) in [4.78, 5) is 29.1. The third-order valence-electron chi connectivity index (χ3n) is 5.40. The first kappa shape index (κ1) is 22.5. The van der Waals surface area contributed by atoms with E-state index in [1.807, 2.05) is 6.07 Å². The monoisotopic (exact) mass is 460 g/mol. The number of amides is 2. The predicted molar refractivity (Wildman–Crippen MR) is 120 cm³/mol. The van der Waals surface area contributed by atoms with E-state index in [0.29, 0.717) is 28.0 Å². The molecule has 2 aromatic heterocycles. The highest BCUT2D eigenvalue weighted by Gasteiger charge is 2.20. The Labute approximate surface area is 192 Å². The third kappa shape index (κ3) is 4.19. The summed E-state index contributed by atoms with van der Waals surface area (Å²) in [6.07, 6.45) is 0. The van der Waals surface area contributed by atoms with E-state index in [1.54, 1.807) is 18.5 Å². The van der Waals surface area contributed by atoms with E-state index in [4.69, 9.17) is 5.73 Å². The van der Waals surface area contributed by atoms with Gasteiger partial charge in [0.15, 0.2) is 0 Å². The van der Waals surface area contributed by atoms with Gasteiger partial charge in [-0.15, -0.1) is 0 Å². The van der Waals surface area contributed by atoms with E-state index in [1.165, 1.54) is 30.3 Å². The molecule has 0 saturated heterocycles. The number of aryl methyl sites for hydroxylation is 1. The number of halogens is 2. The van der Waals surface area contributed by atoms with E-state index in [9.17, 15) is 23.6 Å². The van der Waals surface area contributed by atoms with Crippen LogP contribution >= 0.6 is 0 Å². The Bertz CT molecular complexity index is 1520. The number of pyridine rings is 1. The van der Waals surface area contributed by atoms with Gasteiger partial charge >= 0.3 is 0 Å². The Hall–Kier alpha value is -4.65. The number of carbonyl (C=O) groups excluding carboxylic acids is 2. The molecule has 2 heterocycles. The molecule has 34 heavy (non-hydrogen) atoms. The number of primary amides is 1. The van der Waals surface area contributed by atoms with Gasteiger partial charge in [-0.2, -0.15) is 10.4 Å². The molecular weight excluding hydrogens is 442 g/mol. The number of hydrogen-bond donors (Lipinski definition) is 2. The quantitative estimate of drug-likeness (QED) is 0.471. The number of nitrogens with two attached hydrogens (primary N) is 1. The van der Waals surface area contributed by atoms with Gasteiger partial charge in [0.05, 0.1) is 46.3 Å². The summed E-state index contributed by atoms with van der Waals surface area (Å²) in [6, 6.07) is 10.8. The number of aromatic nitrogens is 3. The normalized spacial score (nSPS) is 10.8. The van der Waals surface area contributed by atoms with Crippen LogP contribution in [0.1, 0.15) is 43.4 Å². The Morgan fingerprint density at radius 1 is 1.12 bits per heavy atom. The average Bonchev–Trinajstić information content (AvgIpc) is 3.06. The van der Waals surface area contributed by atoms with Crippen molar-refractivity contribution in [2.45, 2.75) is 20.4 Å². The van der Waals surface area contributed by atoms with Crippen LogP contribution in [0, 0.1) is 36.8 Å². The van der Waals surface area contributed by atoms with E-state index < -0.39 is 23.4 Å². The van der Waals surface area contributed by atoms with Gasteiger partial charge in [0.1, 0.15) is 17.3 Å². The first-order valence-corrected chi connectivity index (χ1v) is 10.1. The number of anilines is 1.